The van der Waals surface area contributed by atoms with Crippen molar-refractivity contribution < 1.29 is 9.53 Å². The van der Waals surface area contributed by atoms with E-state index in [-0.39, 0.29) is 11.9 Å². The minimum Gasteiger partial charge on any atom is -0.493 e. The smallest absolute Gasteiger partial charge is 0.268 e. The molecule has 0 saturated heterocycles. The molecular weight excluding hydrogens is 300 g/mol. The molecule has 0 saturated carbocycles. The summed E-state index contributed by atoms with van der Waals surface area (Å²) in [5.41, 5.74) is 3.60. The summed E-state index contributed by atoms with van der Waals surface area (Å²) in [4.78, 5) is 15.8. The molecule has 1 atom stereocenters. The van der Waals surface area contributed by atoms with Gasteiger partial charge in [0.25, 0.3) is 5.91 Å². The molecular formula is C20H18N2O2. The van der Waals surface area contributed by atoms with Crippen molar-refractivity contribution in [2.45, 2.75) is 12.5 Å². The third-order valence-electron chi connectivity index (χ3n) is 4.28. The molecule has 1 aliphatic heterocycles. The predicted octanol–water partition coefficient (Wildman–Crippen LogP) is 3.94. The van der Waals surface area contributed by atoms with Crippen molar-refractivity contribution in [1.29, 1.82) is 0 Å². The summed E-state index contributed by atoms with van der Waals surface area (Å²) >= 11 is 0. The second kappa shape index (κ2) is 6.24. The fourth-order valence-corrected chi connectivity index (χ4v) is 3.04. The standard InChI is InChI=1S/C20H18N2O2/c23-20(18-11-10-16(21-18)14-6-2-1-3-7-14)22-17-12-13-24-19-9-5-4-8-15(17)19/h1-11,17,21H,12-13H2,(H,22,23)/t17-/m1/s1. The highest BCUT2D eigenvalue weighted by Gasteiger charge is 2.23. The third-order valence-corrected chi connectivity index (χ3v) is 4.28. The summed E-state index contributed by atoms with van der Waals surface area (Å²) in [5.74, 6) is 0.754. The number of aromatic nitrogens is 1. The van der Waals surface area contributed by atoms with Crippen LogP contribution in [0.1, 0.15) is 28.5 Å². The van der Waals surface area contributed by atoms with Crippen molar-refractivity contribution in [3.8, 4) is 17.0 Å². The maximum absolute atomic E-state index is 12.6. The molecule has 0 fully saturated rings. The lowest BCUT2D eigenvalue weighted by Crippen LogP contribution is -2.32. The molecule has 24 heavy (non-hydrogen) atoms. The van der Waals surface area contributed by atoms with Gasteiger partial charge in [0.1, 0.15) is 11.4 Å². The fraction of sp³-hybridized carbons (Fsp3) is 0.150. The van der Waals surface area contributed by atoms with Gasteiger partial charge in [-0.05, 0) is 23.8 Å². The zero-order chi connectivity index (χ0) is 16.4. The van der Waals surface area contributed by atoms with Gasteiger partial charge in [-0.3, -0.25) is 4.79 Å². The normalized spacial score (nSPS) is 16.1. The molecule has 0 radical (unpaired) electrons. The number of nitrogens with one attached hydrogen (secondary N) is 2. The highest BCUT2D eigenvalue weighted by molar-refractivity contribution is 5.93. The van der Waals surface area contributed by atoms with Gasteiger partial charge in [0.05, 0.1) is 12.6 Å². The van der Waals surface area contributed by atoms with Crippen molar-refractivity contribution in [1.82, 2.24) is 10.3 Å². The van der Waals surface area contributed by atoms with Crippen molar-refractivity contribution in [3.05, 3.63) is 78.0 Å². The number of hydrogen-bond donors (Lipinski definition) is 2. The van der Waals surface area contributed by atoms with E-state index in [1.807, 2.05) is 66.7 Å². The first kappa shape index (κ1) is 14.6. The van der Waals surface area contributed by atoms with Gasteiger partial charge < -0.3 is 15.0 Å². The number of fused-ring (bicyclic) bond motifs is 1. The average Bonchev–Trinajstić information content (AvgIpc) is 3.13. The van der Waals surface area contributed by atoms with Crippen LogP contribution in [-0.2, 0) is 0 Å². The van der Waals surface area contributed by atoms with Gasteiger partial charge in [-0.15, -0.1) is 0 Å². The highest BCUT2D eigenvalue weighted by Crippen LogP contribution is 2.31. The Hall–Kier alpha value is -3.01. The SMILES string of the molecule is O=C(N[C@@H]1CCOc2ccccc21)c1ccc(-c2ccccc2)[nH]1. The van der Waals surface area contributed by atoms with E-state index in [9.17, 15) is 4.79 Å². The quantitative estimate of drug-likeness (QED) is 0.768. The van der Waals surface area contributed by atoms with E-state index in [0.717, 1.165) is 29.0 Å². The van der Waals surface area contributed by atoms with Crippen LogP contribution in [0.15, 0.2) is 66.7 Å². The molecule has 1 amide bonds. The second-order valence-corrected chi connectivity index (χ2v) is 5.85. The van der Waals surface area contributed by atoms with Gasteiger partial charge in [-0.2, -0.15) is 0 Å². The number of ether oxygens (including phenoxy) is 1. The number of carbonyl (C=O) groups excluding carboxylic acids is 1. The van der Waals surface area contributed by atoms with E-state index in [1.54, 1.807) is 0 Å². The number of para-hydroxylation sites is 1. The molecule has 0 bridgehead atoms. The summed E-state index contributed by atoms with van der Waals surface area (Å²) < 4.78 is 5.64. The number of hydrogen-bond acceptors (Lipinski definition) is 2. The Bertz CT molecular complexity index is 855. The van der Waals surface area contributed by atoms with Gasteiger partial charge in [0.15, 0.2) is 0 Å². The Morgan fingerprint density at radius 1 is 1.00 bits per heavy atom. The van der Waals surface area contributed by atoms with Crippen LogP contribution in [0.2, 0.25) is 0 Å². The van der Waals surface area contributed by atoms with E-state index in [4.69, 9.17) is 4.74 Å². The van der Waals surface area contributed by atoms with Crippen LogP contribution in [-0.4, -0.2) is 17.5 Å². The lowest BCUT2D eigenvalue weighted by molar-refractivity contribution is 0.0920. The van der Waals surface area contributed by atoms with Crippen molar-refractivity contribution in [2.24, 2.45) is 0 Å². The summed E-state index contributed by atoms with van der Waals surface area (Å²) in [6.45, 7) is 0.613. The molecule has 4 rings (SSSR count). The minimum atomic E-state index is -0.0983. The van der Waals surface area contributed by atoms with Crippen LogP contribution in [0, 0.1) is 0 Å². The number of rotatable bonds is 3. The summed E-state index contributed by atoms with van der Waals surface area (Å²) in [7, 11) is 0. The average molecular weight is 318 g/mol. The molecule has 1 aliphatic rings. The third kappa shape index (κ3) is 2.78. The topological polar surface area (TPSA) is 54.1 Å². The van der Waals surface area contributed by atoms with Crippen LogP contribution in [0.3, 0.4) is 0 Å². The van der Waals surface area contributed by atoms with Crippen LogP contribution >= 0.6 is 0 Å². The Morgan fingerprint density at radius 3 is 2.67 bits per heavy atom. The summed E-state index contributed by atoms with van der Waals surface area (Å²) in [6, 6.07) is 21.6. The van der Waals surface area contributed by atoms with Crippen LogP contribution < -0.4 is 10.1 Å². The lowest BCUT2D eigenvalue weighted by atomic mass is 10.0. The first-order chi connectivity index (χ1) is 11.8. The number of carbonyl (C=O) groups is 1. The van der Waals surface area contributed by atoms with E-state index >= 15 is 0 Å². The lowest BCUT2D eigenvalue weighted by Gasteiger charge is -2.26. The van der Waals surface area contributed by atoms with Crippen molar-refractivity contribution in [3.63, 3.8) is 0 Å². The van der Waals surface area contributed by atoms with Crippen LogP contribution in [0.4, 0.5) is 0 Å². The molecule has 4 nitrogen and oxygen atoms in total. The van der Waals surface area contributed by atoms with Gasteiger partial charge in [0, 0.05) is 17.7 Å². The highest BCUT2D eigenvalue weighted by atomic mass is 16.5. The number of amides is 1. The second-order valence-electron chi connectivity index (χ2n) is 5.85. The van der Waals surface area contributed by atoms with E-state index in [0.29, 0.717) is 12.3 Å². The van der Waals surface area contributed by atoms with Gasteiger partial charge in [-0.25, -0.2) is 0 Å². The van der Waals surface area contributed by atoms with Gasteiger partial charge in [0.2, 0.25) is 0 Å². The van der Waals surface area contributed by atoms with E-state index < -0.39 is 0 Å². The molecule has 2 heterocycles. The van der Waals surface area contributed by atoms with Crippen LogP contribution in [0.5, 0.6) is 5.75 Å². The number of benzene rings is 2. The summed E-state index contributed by atoms with van der Waals surface area (Å²) in [6.07, 6.45) is 0.773. The van der Waals surface area contributed by atoms with E-state index in [1.165, 1.54) is 0 Å². The molecule has 0 spiro atoms. The molecule has 0 unspecified atom stereocenters. The van der Waals surface area contributed by atoms with E-state index in [2.05, 4.69) is 10.3 Å². The monoisotopic (exact) mass is 318 g/mol. The number of aromatic amines is 1. The minimum absolute atomic E-state index is 0.0223. The Morgan fingerprint density at radius 2 is 1.79 bits per heavy atom. The molecule has 1 aromatic heterocycles. The summed E-state index contributed by atoms with van der Waals surface area (Å²) in [5, 5.41) is 3.11. The molecule has 4 heteroatoms. The maximum atomic E-state index is 12.6. The van der Waals surface area contributed by atoms with Crippen molar-refractivity contribution >= 4 is 5.91 Å². The maximum Gasteiger partial charge on any atom is 0.268 e. The first-order valence-electron chi connectivity index (χ1n) is 8.08. The Kier molecular flexibility index (Phi) is 3.79. The number of H-pyrrole nitrogens is 1. The Labute approximate surface area is 140 Å². The largest absolute Gasteiger partial charge is 0.493 e. The van der Waals surface area contributed by atoms with Gasteiger partial charge >= 0.3 is 0 Å². The molecule has 2 N–H and O–H groups in total. The first-order valence-corrected chi connectivity index (χ1v) is 8.08. The zero-order valence-corrected chi connectivity index (χ0v) is 13.2. The van der Waals surface area contributed by atoms with Crippen molar-refractivity contribution in [2.75, 3.05) is 6.61 Å². The Balaban J connectivity index is 1.53. The predicted molar refractivity (Wildman–Crippen MR) is 93.0 cm³/mol. The molecule has 3 aromatic rings. The van der Waals surface area contributed by atoms with Gasteiger partial charge in [-0.1, -0.05) is 48.5 Å². The van der Waals surface area contributed by atoms with Crippen LogP contribution in [0.25, 0.3) is 11.3 Å². The molecule has 120 valence electrons. The zero-order valence-electron chi connectivity index (χ0n) is 13.2. The molecule has 2 aromatic carbocycles. The fourth-order valence-electron chi connectivity index (χ4n) is 3.04. The molecule has 0 aliphatic carbocycles.